The molecule has 1 amide bonds. The van der Waals surface area contributed by atoms with Crippen LogP contribution in [0.4, 0.5) is 0 Å². The summed E-state index contributed by atoms with van der Waals surface area (Å²) in [4.78, 5) is 14.2. The molecule has 0 aromatic heterocycles. The molecule has 1 aliphatic carbocycles. The largest absolute Gasteiger partial charge is 0.411 e. The third-order valence-electron chi connectivity index (χ3n) is 4.34. The van der Waals surface area contributed by atoms with E-state index < -0.39 is 0 Å². The van der Waals surface area contributed by atoms with E-state index in [4.69, 9.17) is 5.21 Å². The number of hydrogen-bond donors (Lipinski definition) is 2. The number of piperidine rings is 1. The van der Waals surface area contributed by atoms with Gasteiger partial charge in [-0.1, -0.05) is 24.9 Å². The van der Waals surface area contributed by atoms with Crippen LogP contribution in [0.5, 0.6) is 0 Å². The molecule has 2 aliphatic rings. The van der Waals surface area contributed by atoms with E-state index in [9.17, 15) is 4.79 Å². The Hall–Kier alpha value is -1.10. The molecule has 0 spiro atoms. The summed E-state index contributed by atoms with van der Waals surface area (Å²) in [6.45, 7) is 4.21. The molecule has 2 fully saturated rings. The Balaban J connectivity index is 1.77. The highest BCUT2D eigenvalue weighted by molar-refractivity contribution is 5.87. The number of likely N-dealkylation sites (tertiary alicyclic amines) is 1. The molecule has 0 radical (unpaired) electrons. The maximum atomic E-state index is 12.0. The second kappa shape index (κ2) is 6.89. The molecule has 1 saturated carbocycles. The monoisotopic (exact) mass is 267 g/mol. The van der Waals surface area contributed by atoms with Crippen molar-refractivity contribution in [3.05, 3.63) is 0 Å². The fourth-order valence-corrected chi connectivity index (χ4v) is 3.17. The highest BCUT2D eigenvalue weighted by Gasteiger charge is 2.26. The second-order valence-corrected chi connectivity index (χ2v) is 5.73. The van der Waals surface area contributed by atoms with Crippen molar-refractivity contribution in [2.45, 2.75) is 51.5 Å². The SMILES string of the molecule is CCC1CN(CC(=O)NC2CCCC2)CCC1=NO. The van der Waals surface area contributed by atoms with Crippen molar-refractivity contribution in [3.63, 3.8) is 0 Å². The van der Waals surface area contributed by atoms with Gasteiger partial charge in [-0.2, -0.15) is 0 Å². The first kappa shape index (κ1) is 14.3. The standard InChI is InChI=1S/C14H25N3O2/c1-2-11-9-17(8-7-13(11)16-19)10-14(18)15-12-5-3-4-6-12/h11-12,19H,2-10H2,1H3,(H,15,18). The molecule has 1 heterocycles. The molecule has 2 rings (SSSR count). The average Bonchev–Trinajstić information content (AvgIpc) is 2.91. The van der Waals surface area contributed by atoms with E-state index >= 15 is 0 Å². The Morgan fingerprint density at radius 1 is 1.47 bits per heavy atom. The van der Waals surface area contributed by atoms with Crippen LogP contribution in [0.1, 0.15) is 45.4 Å². The molecule has 5 heteroatoms. The van der Waals surface area contributed by atoms with Gasteiger partial charge >= 0.3 is 0 Å². The van der Waals surface area contributed by atoms with Crippen molar-refractivity contribution in [2.75, 3.05) is 19.6 Å². The maximum absolute atomic E-state index is 12.0. The number of nitrogens with zero attached hydrogens (tertiary/aromatic N) is 2. The molecule has 5 nitrogen and oxygen atoms in total. The van der Waals surface area contributed by atoms with Gasteiger partial charge in [-0.3, -0.25) is 9.69 Å². The van der Waals surface area contributed by atoms with Crippen LogP contribution in [0.25, 0.3) is 0 Å². The van der Waals surface area contributed by atoms with Gasteiger partial charge in [-0.25, -0.2) is 0 Å². The number of oxime groups is 1. The number of carbonyl (C=O) groups excluding carboxylic acids is 1. The van der Waals surface area contributed by atoms with Gasteiger partial charge in [0.25, 0.3) is 0 Å². The molecule has 0 aromatic carbocycles. The molecular formula is C14H25N3O2. The number of rotatable bonds is 4. The lowest BCUT2D eigenvalue weighted by atomic mass is 9.93. The van der Waals surface area contributed by atoms with E-state index in [1.807, 2.05) is 0 Å². The minimum absolute atomic E-state index is 0.145. The summed E-state index contributed by atoms with van der Waals surface area (Å²) < 4.78 is 0. The lowest BCUT2D eigenvalue weighted by molar-refractivity contribution is -0.123. The van der Waals surface area contributed by atoms with Gasteiger partial charge in [0.2, 0.25) is 5.91 Å². The van der Waals surface area contributed by atoms with Gasteiger partial charge in [0.15, 0.2) is 0 Å². The van der Waals surface area contributed by atoms with Crippen molar-refractivity contribution >= 4 is 11.6 Å². The van der Waals surface area contributed by atoms with Crippen molar-refractivity contribution in [1.82, 2.24) is 10.2 Å². The van der Waals surface area contributed by atoms with Crippen LogP contribution in [-0.4, -0.2) is 47.4 Å². The second-order valence-electron chi connectivity index (χ2n) is 5.73. The Labute approximate surface area is 115 Å². The first-order valence-corrected chi connectivity index (χ1v) is 7.45. The summed E-state index contributed by atoms with van der Waals surface area (Å²) in [5.41, 5.74) is 0.884. The third-order valence-corrected chi connectivity index (χ3v) is 4.34. The van der Waals surface area contributed by atoms with Crippen LogP contribution in [0.3, 0.4) is 0 Å². The summed E-state index contributed by atoms with van der Waals surface area (Å²) in [5.74, 6) is 0.434. The predicted molar refractivity (Wildman–Crippen MR) is 74.5 cm³/mol. The van der Waals surface area contributed by atoms with Gasteiger partial charge in [-0.15, -0.1) is 0 Å². The van der Waals surface area contributed by atoms with E-state index in [0.29, 0.717) is 12.6 Å². The molecule has 0 aromatic rings. The molecule has 19 heavy (non-hydrogen) atoms. The predicted octanol–water partition coefficient (Wildman–Crippen LogP) is 1.61. The Kier molecular flexibility index (Phi) is 5.19. The zero-order chi connectivity index (χ0) is 13.7. The zero-order valence-corrected chi connectivity index (χ0v) is 11.8. The summed E-state index contributed by atoms with van der Waals surface area (Å²) >= 11 is 0. The lowest BCUT2D eigenvalue weighted by Gasteiger charge is -2.32. The lowest BCUT2D eigenvalue weighted by Crippen LogP contribution is -2.47. The first-order chi connectivity index (χ1) is 9.22. The summed E-state index contributed by atoms with van der Waals surface area (Å²) in [5, 5.41) is 15.5. The topological polar surface area (TPSA) is 64.9 Å². The Bertz CT molecular complexity index is 338. The van der Waals surface area contributed by atoms with Crippen LogP contribution in [-0.2, 0) is 4.79 Å². The fraction of sp³-hybridized carbons (Fsp3) is 0.857. The summed E-state index contributed by atoms with van der Waals surface area (Å²) in [7, 11) is 0. The van der Waals surface area contributed by atoms with E-state index in [0.717, 1.165) is 44.5 Å². The van der Waals surface area contributed by atoms with Crippen LogP contribution in [0.2, 0.25) is 0 Å². The Morgan fingerprint density at radius 2 is 2.21 bits per heavy atom. The smallest absolute Gasteiger partial charge is 0.234 e. The van der Waals surface area contributed by atoms with E-state index in [1.54, 1.807) is 0 Å². The number of hydrogen-bond acceptors (Lipinski definition) is 4. The molecule has 0 bridgehead atoms. The highest BCUT2D eigenvalue weighted by Crippen LogP contribution is 2.19. The van der Waals surface area contributed by atoms with Crippen molar-refractivity contribution in [1.29, 1.82) is 0 Å². The van der Waals surface area contributed by atoms with Gasteiger partial charge in [-0.05, 0) is 19.3 Å². The van der Waals surface area contributed by atoms with Gasteiger partial charge < -0.3 is 10.5 Å². The minimum Gasteiger partial charge on any atom is -0.411 e. The molecule has 1 unspecified atom stereocenters. The van der Waals surface area contributed by atoms with Crippen molar-refractivity contribution in [2.24, 2.45) is 11.1 Å². The van der Waals surface area contributed by atoms with Crippen molar-refractivity contribution < 1.29 is 10.0 Å². The van der Waals surface area contributed by atoms with Gasteiger partial charge in [0.05, 0.1) is 12.3 Å². The summed E-state index contributed by atoms with van der Waals surface area (Å²) in [6, 6.07) is 0.397. The zero-order valence-electron chi connectivity index (χ0n) is 11.8. The first-order valence-electron chi connectivity index (χ1n) is 7.45. The van der Waals surface area contributed by atoms with Gasteiger partial charge in [0.1, 0.15) is 0 Å². The number of amides is 1. The van der Waals surface area contributed by atoms with Crippen LogP contribution in [0.15, 0.2) is 5.16 Å². The minimum atomic E-state index is 0.145. The quantitative estimate of drug-likeness (QED) is 0.601. The normalized spacial score (nSPS) is 27.8. The maximum Gasteiger partial charge on any atom is 0.234 e. The van der Waals surface area contributed by atoms with Gasteiger partial charge in [0, 0.05) is 31.5 Å². The Morgan fingerprint density at radius 3 is 2.84 bits per heavy atom. The number of nitrogens with one attached hydrogen (secondary N) is 1. The van der Waals surface area contributed by atoms with Crippen LogP contribution >= 0.6 is 0 Å². The molecule has 1 saturated heterocycles. The van der Waals surface area contributed by atoms with Crippen molar-refractivity contribution in [3.8, 4) is 0 Å². The number of carbonyl (C=O) groups is 1. The van der Waals surface area contributed by atoms with Crippen LogP contribution in [0, 0.1) is 5.92 Å². The van der Waals surface area contributed by atoms with Crippen LogP contribution < -0.4 is 5.32 Å². The molecule has 1 atom stereocenters. The summed E-state index contributed by atoms with van der Waals surface area (Å²) in [6.07, 6.45) is 6.47. The molecule has 1 aliphatic heterocycles. The van der Waals surface area contributed by atoms with E-state index in [1.165, 1.54) is 12.8 Å². The fourth-order valence-electron chi connectivity index (χ4n) is 3.17. The molecular weight excluding hydrogens is 242 g/mol. The highest BCUT2D eigenvalue weighted by atomic mass is 16.4. The average molecular weight is 267 g/mol. The van der Waals surface area contributed by atoms with E-state index in [2.05, 4.69) is 22.3 Å². The molecule has 2 N–H and O–H groups in total. The third kappa shape index (κ3) is 3.93. The molecule has 108 valence electrons. The van der Waals surface area contributed by atoms with E-state index in [-0.39, 0.29) is 11.8 Å².